The van der Waals surface area contributed by atoms with Gasteiger partial charge in [0.25, 0.3) is 9.05 Å². The Balaban J connectivity index is 2.30. The summed E-state index contributed by atoms with van der Waals surface area (Å²) in [6.45, 7) is 0. The van der Waals surface area contributed by atoms with Crippen LogP contribution in [0, 0.1) is 0 Å². The molecule has 1 aromatic rings. The van der Waals surface area contributed by atoms with Gasteiger partial charge in [-0.15, -0.1) is 0 Å². The van der Waals surface area contributed by atoms with Gasteiger partial charge in [-0.25, -0.2) is 13.4 Å². The molecule has 2 rings (SSSR count). The van der Waals surface area contributed by atoms with Crippen LogP contribution in [0.4, 0.5) is 0 Å². The van der Waals surface area contributed by atoms with Crippen LogP contribution in [-0.4, -0.2) is 18.4 Å². The third kappa shape index (κ3) is 2.60. The van der Waals surface area contributed by atoms with E-state index in [4.69, 9.17) is 10.7 Å². The Morgan fingerprint density at radius 3 is 2.44 bits per heavy atom. The van der Waals surface area contributed by atoms with E-state index in [1.54, 1.807) is 0 Å². The highest BCUT2D eigenvalue weighted by Crippen LogP contribution is 2.33. The second-order valence-corrected chi connectivity index (χ2v) is 7.27. The van der Waals surface area contributed by atoms with Crippen LogP contribution in [0.3, 0.4) is 0 Å². The summed E-state index contributed by atoms with van der Waals surface area (Å²) >= 11 is 3.11. The van der Waals surface area contributed by atoms with Gasteiger partial charge in [-0.1, -0.05) is 19.3 Å². The highest BCUT2D eigenvalue weighted by atomic mass is 79.9. The lowest BCUT2D eigenvalue weighted by molar-refractivity contribution is 0.430. The highest BCUT2D eigenvalue weighted by molar-refractivity contribution is 9.10. The molecule has 0 atom stereocenters. The Morgan fingerprint density at radius 1 is 1.31 bits per heavy atom. The second-order valence-electron chi connectivity index (χ2n) is 4.01. The predicted molar refractivity (Wildman–Crippen MR) is 65.2 cm³/mol. The van der Waals surface area contributed by atoms with Crippen LogP contribution in [0.25, 0.3) is 0 Å². The van der Waals surface area contributed by atoms with Gasteiger partial charge in [-0.05, 0) is 28.8 Å². The highest BCUT2D eigenvalue weighted by Gasteiger charge is 2.24. The summed E-state index contributed by atoms with van der Waals surface area (Å²) in [6, 6.07) is 0. The molecule has 4 nitrogen and oxygen atoms in total. The van der Waals surface area contributed by atoms with Crippen molar-refractivity contribution in [1.82, 2.24) is 9.97 Å². The summed E-state index contributed by atoms with van der Waals surface area (Å²) in [5.41, 5.74) is 0. The molecule has 0 amide bonds. The zero-order chi connectivity index (χ0) is 11.8. The second kappa shape index (κ2) is 4.66. The summed E-state index contributed by atoms with van der Waals surface area (Å²) in [5, 5.41) is -0.0326. The predicted octanol–water partition coefficient (Wildman–Crippen LogP) is 3.15. The van der Waals surface area contributed by atoms with E-state index in [9.17, 15) is 8.42 Å². The largest absolute Gasteiger partial charge is 0.331 e. The van der Waals surface area contributed by atoms with Gasteiger partial charge in [-0.3, -0.25) is 0 Å². The van der Waals surface area contributed by atoms with Crippen molar-refractivity contribution in [2.75, 3.05) is 0 Å². The molecule has 1 heterocycles. The van der Waals surface area contributed by atoms with Gasteiger partial charge in [0, 0.05) is 16.6 Å². The zero-order valence-electron chi connectivity index (χ0n) is 8.54. The Bertz CT molecular complexity index is 480. The average Bonchev–Trinajstić information content (AvgIpc) is 2.61. The van der Waals surface area contributed by atoms with E-state index in [1.165, 1.54) is 19.3 Å². The summed E-state index contributed by atoms with van der Waals surface area (Å²) in [5.74, 6) is 1.06. The minimum absolute atomic E-state index is 0.0326. The van der Waals surface area contributed by atoms with Gasteiger partial charge in [0.05, 0.1) is 0 Å². The van der Waals surface area contributed by atoms with E-state index in [0.29, 0.717) is 5.92 Å². The molecule has 1 N–H and O–H groups in total. The SMILES string of the molecule is O=S(=O)(Cl)c1[nH]c(C2CCCCC2)nc1Br. The van der Waals surface area contributed by atoms with Crippen LogP contribution in [-0.2, 0) is 9.05 Å². The van der Waals surface area contributed by atoms with Crippen molar-refractivity contribution in [3.8, 4) is 0 Å². The number of H-pyrrole nitrogens is 1. The normalized spacial score (nSPS) is 18.9. The van der Waals surface area contributed by atoms with E-state index in [2.05, 4.69) is 25.9 Å². The van der Waals surface area contributed by atoms with Crippen molar-refractivity contribution >= 4 is 35.7 Å². The molecule has 0 bridgehead atoms. The van der Waals surface area contributed by atoms with E-state index < -0.39 is 9.05 Å². The number of halogens is 2. The summed E-state index contributed by atoms with van der Waals surface area (Å²) in [7, 11) is 1.54. The van der Waals surface area contributed by atoms with Gasteiger partial charge in [0.2, 0.25) is 0 Å². The summed E-state index contributed by atoms with van der Waals surface area (Å²) in [4.78, 5) is 7.01. The van der Waals surface area contributed by atoms with Crippen molar-refractivity contribution in [1.29, 1.82) is 0 Å². The fraction of sp³-hybridized carbons (Fsp3) is 0.667. The third-order valence-electron chi connectivity index (χ3n) is 2.88. The van der Waals surface area contributed by atoms with Gasteiger partial charge in [0.15, 0.2) is 5.03 Å². The van der Waals surface area contributed by atoms with E-state index in [-0.39, 0.29) is 9.63 Å². The molecular weight excluding hydrogens is 316 g/mol. The van der Waals surface area contributed by atoms with Crippen LogP contribution in [0.15, 0.2) is 9.63 Å². The standard InChI is InChI=1S/C9H12BrClN2O2S/c10-7-9(16(11,14)15)13-8(12-7)6-4-2-1-3-5-6/h6H,1-5H2,(H,12,13). The first-order valence-corrected chi connectivity index (χ1v) is 8.29. The van der Waals surface area contributed by atoms with Crippen LogP contribution in [0.5, 0.6) is 0 Å². The molecule has 16 heavy (non-hydrogen) atoms. The molecule has 1 saturated carbocycles. The summed E-state index contributed by atoms with van der Waals surface area (Å²) in [6.07, 6.45) is 5.71. The van der Waals surface area contributed by atoms with Gasteiger partial charge >= 0.3 is 0 Å². The Hall–Kier alpha value is -0.0700. The number of rotatable bonds is 2. The molecule has 1 aromatic heterocycles. The van der Waals surface area contributed by atoms with E-state index in [0.717, 1.165) is 18.7 Å². The molecular formula is C9H12BrClN2O2S. The van der Waals surface area contributed by atoms with Crippen molar-refractivity contribution in [3.63, 3.8) is 0 Å². The maximum Gasteiger partial charge on any atom is 0.279 e. The lowest BCUT2D eigenvalue weighted by atomic mass is 9.89. The molecule has 0 aromatic carbocycles. The third-order valence-corrected chi connectivity index (χ3v) is 4.97. The Morgan fingerprint density at radius 2 is 1.94 bits per heavy atom. The average molecular weight is 328 g/mol. The first-order chi connectivity index (χ1) is 7.48. The molecule has 0 aliphatic heterocycles. The van der Waals surface area contributed by atoms with Crippen molar-refractivity contribution in [2.24, 2.45) is 0 Å². The van der Waals surface area contributed by atoms with Gasteiger partial charge in [0.1, 0.15) is 10.4 Å². The van der Waals surface area contributed by atoms with E-state index >= 15 is 0 Å². The van der Waals surface area contributed by atoms with E-state index in [1.807, 2.05) is 0 Å². The van der Waals surface area contributed by atoms with Crippen molar-refractivity contribution < 1.29 is 8.42 Å². The fourth-order valence-corrected chi connectivity index (χ4v) is 4.10. The first-order valence-electron chi connectivity index (χ1n) is 5.18. The fourth-order valence-electron chi connectivity index (χ4n) is 2.08. The van der Waals surface area contributed by atoms with Crippen molar-refractivity contribution in [2.45, 2.75) is 43.0 Å². The Kier molecular flexibility index (Phi) is 3.61. The number of aromatic amines is 1. The summed E-state index contributed by atoms with van der Waals surface area (Å²) < 4.78 is 22.7. The number of hydrogen-bond acceptors (Lipinski definition) is 3. The smallest absolute Gasteiger partial charge is 0.279 e. The zero-order valence-corrected chi connectivity index (χ0v) is 11.7. The van der Waals surface area contributed by atoms with Crippen LogP contribution >= 0.6 is 26.6 Å². The Labute approximate surface area is 107 Å². The van der Waals surface area contributed by atoms with Crippen LogP contribution in [0.1, 0.15) is 43.8 Å². The maximum atomic E-state index is 11.2. The monoisotopic (exact) mass is 326 g/mol. The number of imidazole rings is 1. The molecule has 7 heteroatoms. The lowest BCUT2D eigenvalue weighted by Gasteiger charge is -2.18. The molecule has 0 saturated heterocycles. The molecule has 1 fully saturated rings. The number of hydrogen-bond donors (Lipinski definition) is 1. The molecule has 0 radical (unpaired) electrons. The molecule has 1 aliphatic carbocycles. The van der Waals surface area contributed by atoms with Gasteiger partial charge < -0.3 is 4.98 Å². The first kappa shape index (κ1) is 12.4. The minimum atomic E-state index is -3.74. The molecule has 90 valence electrons. The van der Waals surface area contributed by atoms with Crippen LogP contribution < -0.4 is 0 Å². The number of nitrogens with one attached hydrogen (secondary N) is 1. The topological polar surface area (TPSA) is 62.8 Å². The molecule has 0 spiro atoms. The van der Waals surface area contributed by atoms with Crippen molar-refractivity contribution in [3.05, 3.63) is 10.4 Å². The molecule has 1 aliphatic rings. The number of aromatic nitrogens is 2. The van der Waals surface area contributed by atoms with Crippen LogP contribution in [0.2, 0.25) is 0 Å². The minimum Gasteiger partial charge on any atom is -0.331 e. The number of nitrogens with zero attached hydrogens (tertiary/aromatic N) is 1. The quantitative estimate of drug-likeness (QED) is 0.849. The molecule has 0 unspecified atom stereocenters. The van der Waals surface area contributed by atoms with Gasteiger partial charge in [-0.2, -0.15) is 0 Å². The maximum absolute atomic E-state index is 11.2. The lowest BCUT2D eigenvalue weighted by Crippen LogP contribution is -2.06.